The number of ether oxygens (including phenoxy) is 1. The molecule has 1 aromatic rings. The number of likely N-dealkylation sites (tertiary alicyclic amines) is 1. The lowest BCUT2D eigenvalue weighted by Crippen LogP contribution is -2.51. The Balaban J connectivity index is 1.83. The molecule has 1 aliphatic heterocycles. The maximum atomic E-state index is 12.6. The summed E-state index contributed by atoms with van der Waals surface area (Å²) >= 11 is 0. The summed E-state index contributed by atoms with van der Waals surface area (Å²) in [6.45, 7) is 5.40. The number of carbonyl (C=O) groups excluding carboxylic acids is 3. The Kier molecular flexibility index (Phi) is 4.37. The van der Waals surface area contributed by atoms with Crippen molar-refractivity contribution in [2.45, 2.75) is 38.5 Å². The Labute approximate surface area is 146 Å². The molecule has 1 aliphatic carbocycles. The lowest BCUT2D eigenvalue weighted by atomic mass is 9.62. The van der Waals surface area contributed by atoms with E-state index in [4.69, 9.17) is 4.74 Å². The number of amides is 1. The minimum Gasteiger partial charge on any atom is -0.445 e. The fourth-order valence-corrected chi connectivity index (χ4v) is 4.22. The number of fused-ring (bicyclic) bond motifs is 1. The van der Waals surface area contributed by atoms with Crippen LogP contribution < -0.4 is 0 Å². The van der Waals surface area contributed by atoms with Gasteiger partial charge >= 0.3 is 12.1 Å². The van der Waals surface area contributed by atoms with E-state index in [1.807, 2.05) is 30.3 Å². The highest BCUT2D eigenvalue weighted by atomic mass is 16.6. The molecule has 6 heteroatoms. The summed E-state index contributed by atoms with van der Waals surface area (Å²) in [4.78, 5) is 37.7. The number of hydrogen-bond acceptors (Lipinski definition) is 4. The summed E-state index contributed by atoms with van der Waals surface area (Å²) < 4.78 is 5.31. The quantitative estimate of drug-likeness (QED) is 0.770. The van der Waals surface area contributed by atoms with Gasteiger partial charge in [-0.3, -0.25) is 9.69 Å². The van der Waals surface area contributed by atoms with Crippen molar-refractivity contribution in [3.63, 3.8) is 0 Å². The van der Waals surface area contributed by atoms with E-state index in [1.54, 1.807) is 13.0 Å². The van der Waals surface area contributed by atoms with Crippen LogP contribution in [0.15, 0.2) is 43.0 Å². The molecule has 1 saturated carbocycles. The molecule has 0 spiro atoms. The smallest absolute Gasteiger partial charge is 0.411 e. The first-order chi connectivity index (χ1) is 11.9. The molecule has 1 saturated heterocycles. The van der Waals surface area contributed by atoms with Gasteiger partial charge in [0.1, 0.15) is 18.4 Å². The second kappa shape index (κ2) is 6.35. The van der Waals surface area contributed by atoms with Crippen molar-refractivity contribution in [1.82, 2.24) is 4.90 Å². The van der Waals surface area contributed by atoms with Crippen LogP contribution in [0.25, 0.3) is 0 Å². The largest absolute Gasteiger partial charge is 0.445 e. The molecule has 0 N–H and O–H groups in total. The normalized spacial score (nSPS) is 30.4. The number of hydrogen-bond donors (Lipinski definition) is 0. The maximum Gasteiger partial charge on any atom is 0.411 e. The van der Waals surface area contributed by atoms with E-state index in [-0.39, 0.29) is 18.8 Å². The highest BCUT2D eigenvalue weighted by Crippen LogP contribution is 2.55. The van der Waals surface area contributed by atoms with Crippen molar-refractivity contribution in [2.75, 3.05) is 0 Å². The zero-order valence-corrected chi connectivity index (χ0v) is 14.0. The van der Waals surface area contributed by atoms with E-state index in [9.17, 15) is 19.5 Å². The molecule has 3 rings (SSSR count). The monoisotopic (exact) mass is 342 g/mol. The first-order valence-electron chi connectivity index (χ1n) is 8.23. The summed E-state index contributed by atoms with van der Waals surface area (Å²) in [7, 11) is 0. The summed E-state index contributed by atoms with van der Waals surface area (Å²) in [6.07, 6.45) is 1.31. The molecule has 0 unspecified atom stereocenters. The number of allylic oxidation sites excluding steroid dienone is 1. The van der Waals surface area contributed by atoms with Gasteiger partial charge in [0.15, 0.2) is 0 Å². The van der Waals surface area contributed by atoms with E-state index < -0.39 is 35.5 Å². The lowest BCUT2D eigenvalue weighted by molar-refractivity contribution is -0.151. The maximum absolute atomic E-state index is 12.6. The molecule has 1 radical (unpaired) electrons. The second-order valence-electron chi connectivity index (χ2n) is 6.88. The van der Waals surface area contributed by atoms with Gasteiger partial charge < -0.3 is 4.74 Å². The van der Waals surface area contributed by atoms with Crippen molar-refractivity contribution in [3.8, 4) is 0 Å². The molecule has 4 atom stereocenters. The summed E-state index contributed by atoms with van der Waals surface area (Å²) in [5.74, 6) is -1.92. The van der Waals surface area contributed by atoms with Crippen molar-refractivity contribution in [3.05, 3.63) is 48.6 Å². The first-order valence-corrected chi connectivity index (χ1v) is 8.23. The Bertz CT molecular complexity index is 716. The number of ketones is 1. The van der Waals surface area contributed by atoms with E-state index in [0.717, 1.165) is 5.56 Å². The number of rotatable bonds is 5. The lowest BCUT2D eigenvalue weighted by Gasteiger charge is -2.38. The molecule has 25 heavy (non-hydrogen) atoms. The van der Waals surface area contributed by atoms with Crippen LogP contribution in [0.4, 0.5) is 4.79 Å². The van der Waals surface area contributed by atoms with Gasteiger partial charge in [-0.05, 0) is 12.0 Å². The highest BCUT2D eigenvalue weighted by molar-refractivity contribution is 5.95. The third-order valence-corrected chi connectivity index (χ3v) is 5.34. The molecule has 1 aromatic carbocycles. The van der Waals surface area contributed by atoms with E-state index in [1.165, 1.54) is 4.90 Å². The third-order valence-electron chi connectivity index (χ3n) is 5.34. The first kappa shape index (κ1) is 17.2. The molecule has 1 heterocycles. The Morgan fingerprint density at radius 1 is 1.36 bits per heavy atom. The van der Waals surface area contributed by atoms with Crippen LogP contribution >= 0.6 is 0 Å². The Morgan fingerprint density at radius 3 is 2.60 bits per heavy atom. The molecule has 0 bridgehead atoms. The number of benzene rings is 1. The van der Waals surface area contributed by atoms with Crippen molar-refractivity contribution < 1.29 is 24.2 Å². The van der Waals surface area contributed by atoms with E-state index >= 15 is 0 Å². The van der Waals surface area contributed by atoms with Crippen LogP contribution in [-0.4, -0.2) is 34.8 Å². The summed E-state index contributed by atoms with van der Waals surface area (Å²) in [5, 5.41) is 11.8. The SMILES string of the molecule is C=CC[C@]1(C)[C@H]2C(=O)C[C@H]2N(C(=O)OCc2ccccc2)[C@@H]1C([O])=O. The third kappa shape index (κ3) is 2.71. The number of nitrogens with zero attached hydrogens (tertiary/aromatic N) is 1. The van der Waals surface area contributed by atoms with E-state index in [2.05, 4.69) is 6.58 Å². The number of Topliss-reactive ketones (excluding diaryl/α,β-unsaturated/α-hetero) is 1. The zero-order valence-electron chi connectivity index (χ0n) is 14.0. The fraction of sp³-hybridized carbons (Fsp3) is 0.421. The Hall–Kier alpha value is -2.63. The van der Waals surface area contributed by atoms with Crippen LogP contribution in [0.1, 0.15) is 25.3 Å². The van der Waals surface area contributed by atoms with Gasteiger partial charge in [-0.1, -0.05) is 43.3 Å². The average Bonchev–Trinajstić information content (AvgIpc) is 2.77. The number of carbonyl (C=O) groups is 3. The molecular weight excluding hydrogens is 322 g/mol. The average molecular weight is 342 g/mol. The van der Waals surface area contributed by atoms with Gasteiger partial charge in [-0.2, -0.15) is 0 Å². The van der Waals surface area contributed by atoms with Crippen molar-refractivity contribution in [1.29, 1.82) is 0 Å². The molecule has 2 fully saturated rings. The summed E-state index contributed by atoms with van der Waals surface area (Å²) in [6, 6.07) is 7.45. The molecule has 131 valence electrons. The van der Waals surface area contributed by atoms with Gasteiger partial charge in [0.2, 0.25) is 0 Å². The Morgan fingerprint density at radius 2 is 2.04 bits per heavy atom. The second-order valence-corrected chi connectivity index (χ2v) is 6.88. The van der Waals surface area contributed by atoms with Gasteiger partial charge in [-0.15, -0.1) is 6.58 Å². The molecule has 1 amide bonds. The molecule has 0 aromatic heterocycles. The topological polar surface area (TPSA) is 83.6 Å². The van der Waals surface area contributed by atoms with Crippen molar-refractivity contribution >= 4 is 17.8 Å². The van der Waals surface area contributed by atoms with Crippen LogP contribution in [0.2, 0.25) is 0 Å². The van der Waals surface area contributed by atoms with Crippen LogP contribution in [0.3, 0.4) is 0 Å². The molecular formula is C19H20NO5. The predicted octanol–water partition coefficient (Wildman–Crippen LogP) is 2.50. The summed E-state index contributed by atoms with van der Waals surface area (Å²) in [5.41, 5.74) is -0.123. The van der Waals surface area contributed by atoms with Crippen LogP contribution in [-0.2, 0) is 26.0 Å². The minimum atomic E-state index is -1.37. The standard InChI is InChI=1S/C19H20NO5/c1-3-9-19(2)15-13(10-14(15)21)20(16(19)17(22)23)18(24)25-11-12-7-5-4-6-8-12/h3-8,13,15-16H,1,9-11H2,2H3/t13-,15-,16-,19-/m1/s1. The van der Waals surface area contributed by atoms with Gasteiger partial charge in [0.25, 0.3) is 0 Å². The molecule has 6 nitrogen and oxygen atoms in total. The van der Waals surface area contributed by atoms with Gasteiger partial charge in [0.05, 0.1) is 6.04 Å². The minimum absolute atomic E-state index is 0.0287. The van der Waals surface area contributed by atoms with Crippen molar-refractivity contribution in [2.24, 2.45) is 11.3 Å². The van der Waals surface area contributed by atoms with E-state index in [0.29, 0.717) is 6.42 Å². The van der Waals surface area contributed by atoms with Crippen LogP contribution in [0.5, 0.6) is 0 Å². The van der Waals surface area contributed by atoms with Gasteiger partial charge in [0, 0.05) is 17.8 Å². The van der Waals surface area contributed by atoms with Gasteiger partial charge in [-0.25, -0.2) is 14.7 Å². The fourth-order valence-electron chi connectivity index (χ4n) is 4.22. The van der Waals surface area contributed by atoms with Crippen LogP contribution in [0, 0.1) is 11.3 Å². The molecule has 2 aliphatic rings. The predicted molar refractivity (Wildman–Crippen MR) is 87.8 cm³/mol. The highest BCUT2D eigenvalue weighted by Gasteiger charge is 2.68. The zero-order chi connectivity index (χ0) is 18.2.